The Hall–Kier alpha value is -0.750. The Morgan fingerprint density at radius 2 is 1.89 bits per heavy atom. The van der Waals surface area contributed by atoms with Gasteiger partial charge in [0.05, 0.1) is 10.0 Å². The first-order valence-electron chi connectivity index (χ1n) is 6.17. The first kappa shape index (κ1) is 14.7. The average Bonchev–Trinajstić information content (AvgIpc) is 2.33. The Balaban J connectivity index is 2.29. The van der Waals surface area contributed by atoms with Gasteiger partial charge in [0, 0.05) is 0 Å². The van der Waals surface area contributed by atoms with E-state index in [-0.39, 0.29) is 17.2 Å². The van der Waals surface area contributed by atoms with E-state index in [4.69, 9.17) is 0 Å². The van der Waals surface area contributed by atoms with Gasteiger partial charge < -0.3 is 10.4 Å². The highest BCUT2D eigenvalue weighted by Gasteiger charge is 2.34. The monoisotopic (exact) mass is 337 g/mol. The summed E-state index contributed by atoms with van der Waals surface area (Å²) in [6, 6.07) is 2.20. The molecule has 0 amide bonds. The van der Waals surface area contributed by atoms with Crippen LogP contribution in [0, 0.1) is 5.92 Å². The van der Waals surface area contributed by atoms with E-state index in [0.29, 0.717) is 10.9 Å². The summed E-state index contributed by atoms with van der Waals surface area (Å²) < 4.78 is 39.2. The third kappa shape index (κ3) is 3.63. The van der Waals surface area contributed by atoms with Gasteiger partial charge in [0.1, 0.15) is 5.75 Å². The molecule has 1 aromatic rings. The number of nitrogens with one attached hydrogen (secondary N) is 1. The lowest BCUT2D eigenvalue weighted by atomic mass is 9.89. The number of aromatic hydroxyl groups is 1. The minimum Gasteiger partial charge on any atom is -0.507 e. The number of benzene rings is 1. The quantitative estimate of drug-likeness (QED) is 0.862. The smallest absolute Gasteiger partial charge is 0.416 e. The second-order valence-electron chi connectivity index (χ2n) is 4.86. The van der Waals surface area contributed by atoms with Gasteiger partial charge in [-0.05, 0) is 71.9 Å². The number of hydrogen-bond acceptors (Lipinski definition) is 2. The van der Waals surface area contributed by atoms with Crippen molar-refractivity contribution >= 4 is 15.9 Å². The SMILES string of the molecule is Oc1cc(C(F)(F)F)c(CC2CCNCC2)cc1Br. The van der Waals surface area contributed by atoms with E-state index in [1.165, 1.54) is 6.07 Å². The molecule has 0 bridgehead atoms. The molecule has 1 aromatic carbocycles. The largest absolute Gasteiger partial charge is 0.507 e. The summed E-state index contributed by atoms with van der Waals surface area (Å²) >= 11 is 3.08. The second-order valence-corrected chi connectivity index (χ2v) is 5.71. The van der Waals surface area contributed by atoms with E-state index in [2.05, 4.69) is 21.2 Å². The molecule has 0 atom stereocenters. The molecule has 0 radical (unpaired) electrons. The minimum atomic E-state index is -4.43. The average molecular weight is 338 g/mol. The summed E-state index contributed by atoms with van der Waals surface area (Å²) in [5.74, 6) is -0.111. The lowest BCUT2D eigenvalue weighted by Crippen LogP contribution is -2.29. The van der Waals surface area contributed by atoms with Gasteiger partial charge in [-0.3, -0.25) is 0 Å². The molecule has 0 saturated carbocycles. The van der Waals surface area contributed by atoms with E-state index >= 15 is 0 Å². The fraction of sp³-hybridized carbons (Fsp3) is 0.538. The van der Waals surface area contributed by atoms with Gasteiger partial charge in [-0.15, -0.1) is 0 Å². The molecule has 0 unspecified atom stereocenters. The summed E-state index contributed by atoms with van der Waals surface area (Å²) in [6.45, 7) is 1.70. The van der Waals surface area contributed by atoms with Gasteiger partial charge in [0.2, 0.25) is 0 Å². The molecule has 0 aliphatic carbocycles. The second kappa shape index (κ2) is 5.71. The molecule has 0 aromatic heterocycles. The van der Waals surface area contributed by atoms with Crippen LogP contribution in [0.5, 0.6) is 5.75 Å². The van der Waals surface area contributed by atoms with Crippen molar-refractivity contribution in [3.05, 3.63) is 27.7 Å². The van der Waals surface area contributed by atoms with Crippen LogP contribution >= 0.6 is 15.9 Å². The number of halogens is 4. The van der Waals surface area contributed by atoms with Crippen LogP contribution in [-0.2, 0) is 12.6 Å². The summed E-state index contributed by atoms with van der Waals surface area (Å²) in [4.78, 5) is 0. The number of piperidine rings is 1. The van der Waals surface area contributed by atoms with Crippen LogP contribution in [0.1, 0.15) is 24.0 Å². The Morgan fingerprint density at radius 1 is 1.26 bits per heavy atom. The zero-order valence-corrected chi connectivity index (χ0v) is 11.8. The van der Waals surface area contributed by atoms with Crippen LogP contribution in [0.25, 0.3) is 0 Å². The van der Waals surface area contributed by atoms with Gasteiger partial charge in [-0.25, -0.2) is 0 Å². The summed E-state index contributed by atoms with van der Waals surface area (Å²) in [5.41, 5.74) is -0.476. The molecule has 0 spiro atoms. The predicted octanol–water partition coefficient (Wildman–Crippen LogP) is 3.72. The van der Waals surface area contributed by atoms with E-state index in [1.54, 1.807) is 0 Å². The lowest BCUT2D eigenvalue weighted by molar-refractivity contribution is -0.138. The first-order valence-corrected chi connectivity index (χ1v) is 6.96. The molecule has 1 saturated heterocycles. The van der Waals surface area contributed by atoms with Crippen LogP contribution in [0.4, 0.5) is 13.2 Å². The van der Waals surface area contributed by atoms with Crippen molar-refractivity contribution in [1.29, 1.82) is 0 Å². The van der Waals surface area contributed by atoms with Crippen LogP contribution in [0.3, 0.4) is 0 Å². The molecule has 106 valence electrons. The van der Waals surface area contributed by atoms with Gasteiger partial charge in [0.15, 0.2) is 0 Å². The van der Waals surface area contributed by atoms with Crippen LogP contribution < -0.4 is 5.32 Å². The minimum absolute atomic E-state index is 0.254. The standard InChI is InChI=1S/C13H15BrF3NO/c14-11-6-9(5-8-1-3-18-4-2-8)10(7-12(11)19)13(15,16)17/h6-8,18-19H,1-5H2. The Labute approximate surface area is 118 Å². The fourth-order valence-electron chi connectivity index (χ4n) is 2.43. The number of rotatable bonds is 2. The molecule has 1 aliphatic heterocycles. The van der Waals surface area contributed by atoms with Crippen molar-refractivity contribution in [1.82, 2.24) is 5.32 Å². The summed E-state index contributed by atoms with van der Waals surface area (Å²) in [7, 11) is 0. The van der Waals surface area contributed by atoms with Crippen molar-refractivity contribution in [3.8, 4) is 5.75 Å². The van der Waals surface area contributed by atoms with Gasteiger partial charge in [0.25, 0.3) is 0 Å². The molecule has 6 heteroatoms. The molecule has 1 aliphatic rings. The van der Waals surface area contributed by atoms with E-state index in [1.807, 2.05) is 0 Å². The number of phenols is 1. The normalized spacial score (nSPS) is 17.7. The first-order chi connectivity index (χ1) is 8.88. The topological polar surface area (TPSA) is 32.3 Å². The van der Waals surface area contributed by atoms with Crippen molar-refractivity contribution in [3.63, 3.8) is 0 Å². The lowest BCUT2D eigenvalue weighted by Gasteiger charge is -2.24. The zero-order valence-electron chi connectivity index (χ0n) is 10.2. The maximum Gasteiger partial charge on any atom is 0.416 e. The highest BCUT2D eigenvalue weighted by Crippen LogP contribution is 2.39. The molecule has 19 heavy (non-hydrogen) atoms. The van der Waals surface area contributed by atoms with Crippen LogP contribution in [-0.4, -0.2) is 18.2 Å². The molecular formula is C13H15BrF3NO. The molecule has 2 rings (SSSR count). The third-order valence-electron chi connectivity index (χ3n) is 3.45. The Morgan fingerprint density at radius 3 is 2.47 bits per heavy atom. The highest BCUT2D eigenvalue weighted by molar-refractivity contribution is 9.10. The molecule has 2 nitrogen and oxygen atoms in total. The third-order valence-corrected chi connectivity index (χ3v) is 4.08. The fourth-order valence-corrected chi connectivity index (χ4v) is 2.82. The molecule has 1 fully saturated rings. The van der Waals surface area contributed by atoms with Crippen LogP contribution in [0.2, 0.25) is 0 Å². The zero-order chi connectivity index (χ0) is 14.0. The number of phenolic OH excluding ortho intramolecular Hbond substituents is 1. The summed E-state index contributed by atoms with van der Waals surface area (Å²) in [6.07, 6.45) is -2.26. The molecular weight excluding hydrogens is 323 g/mol. The van der Waals surface area contributed by atoms with Gasteiger partial charge in [-0.2, -0.15) is 13.2 Å². The highest BCUT2D eigenvalue weighted by atomic mass is 79.9. The van der Waals surface area contributed by atoms with Gasteiger partial charge >= 0.3 is 6.18 Å². The molecule has 2 N–H and O–H groups in total. The maximum absolute atomic E-state index is 13.0. The summed E-state index contributed by atoms with van der Waals surface area (Å²) in [5, 5.41) is 12.6. The molecule has 1 heterocycles. The van der Waals surface area contributed by atoms with Crippen molar-refractivity contribution in [2.24, 2.45) is 5.92 Å². The Kier molecular flexibility index (Phi) is 4.40. The maximum atomic E-state index is 13.0. The predicted molar refractivity (Wildman–Crippen MR) is 70.1 cm³/mol. The van der Waals surface area contributed by atoms with Crippen molar-refractivity contribution in [2.45, 2.75) is 25.4 Å². The number of hydrogen-bond donors (Lipinski definition) is 2. The van der Waals surface area contributed by atoms with E-state index < -0.39 is 11.7 Å². The Bertz CT molecular complexity index is 456. The number of alkyl halides is 3. The van der Waals surface area contributed by atoms with Crippen molar-refractivity contribution in [2.75, 3.05) is 13.1 Å². The van der Waals surface area contributed by atoms with E-state index in [0.717, 1.165) is 32.0 Å². The van der Waals surface area contributed by atoms with Crippen molar-refractivity contribution < 1.29 is 18.3 Å². The van der Waals surface area contributed by atoms with Crippen LogP contribution in [0.15, 0.2) is 16.6 Å². The van der Waals surface area contributed by atoms with Gasteiger partial charge in [-0.1, -0.05) is 0 Å². The van der Waals surface area contributed by atoms with E-state index in [9.17, 15) is 18.3 Å².